The zero-order chi connectivity index (χ0) is 15.8. The van der Waals surface area contributed by atoms with Crippen molar-refractivity contribution in [1.29, 1.82) is 0 Å². The van der Waals surface area contributed by atoms with Crippen LogP contribution in [0.2, 0.25) is 0 Å². The van der Waals surface area contributed by atoms with Crippen LogP contribution in [0.1, 0.15) is 22.3 Å². The molecule has 0 aliphatic rings. The van der Waals surface area contributed by atoms with E-state index < -0.39 is 6.67 Å². The number of hydrogen-bond acceptors (Lipinski definition) is 2. The Labute approximate surface area is 143 Å². The van der Waals surface area contributed by atoms with Gasteiger partial charge in [0, 0.05) is 10.0 Å². The van der Waals surface area contributed by atoms with E-state index >= 15 is 0 Å². The Morgan fingerprint density at radius 2 is 1.50 bits per heavy atom. The Morgan fingerprint density at radius 3 is 2.05 bits per heavy atom. The molecule has 0 radical (unpaired) electrons. The van der Waals surface area contributed by atoms with Gasteiger partial charge in [-0.1, -0.05) is 48.5 Å². The standard InChI is InChI=1S/C18H16FIO2/c19-13-17(20)16(14-7-3-1-4-8-14)11-12-22-18(21)15-9-5-2-6-10-15/h1-10H,11-13H2/b17-16-. The minimum absolute atomic E-state index is 0.227. The molecule has 0 aromatic heterocycles. The van der Waals surface area contributed by atoms with Crippen molar-refractivity contribution in [3.63, 3.8) is 0 Å². The highest BCUT2D eigenvalue weighted by Gasteiger charge is 2.10. The van der Waals surface area contributed by atoms with E-state index in [0.717, 1.165) is 11.1 Å². The van der Waals surface area contributed by atoms with E-state index in [4.69, 9.17) is 4.74 Å². The molecule has 2 nitrogen and oxygen atoms in total. The first-order valence-corrected chi connectivity index (χ1v) is 8.01. The van der Waals surface area contributed by atoms with Gasteiger partial charge in [-0.15, -0.1) is 0 Å². The zero-order valence-corrected chi connectivity index (χ0v) is 14.1. The summed E-state index contributed by atoms with van der Waals surface area (Å²) in [6.45, 7) is -0.290. The van der Waals surface area contributed by atoms with E-state index in [0.29, 0.717) is 15.6 Å². The van der Waals surface area contributed by atoms with Crippen molar-refractivity contribution in [3.8, 4) is 0 Å². The van der Waals surface area contributed by atoms with Crippen LogP contribution in [0.3, 0.4) is 0 Å². The van der Waals surface area contributed by atoms with Crippen LogP contribution in [-0.2, 0) is 4.74 Å². The van der Waals surface area contributed by atoms with Crippen LogP contribution in [-0.4, -0.2) is 19.3 Å². The van der Waals surface area contributed by atoms with Gasteiger partial charge in [0.1, 0.15) is 6.67 Å². The molecular formula is C18H16FIO2. The number of carbonyl (C=O) groups excluding carboxylic acids is 1. The van der Waals surface area contributed by atoms with Gasteiger partial charge in [-0.3, -0.25) is 0 Å². The van der Waals surface area contributed by atoms with Crippen molar-refractivity contribution in [2.45, 2.75) is 6.42 Å². The van der Waals surface area contributed by atoms with Crippen LogP contribution in [0.4, 0.5) is 4.39 Å². The minimum atomic E-state index is -0.516. The van der Waals surface area contributed by atoms with Crippen molar-refractivity contribution in [2.75, 3.05) is 13.3 Å². The maximum Gasteiger partial charge on any atom is 0.338 e. The number of alkyl halides is 1. The summed E-state index contributed by atoms with van der Waals surface area (Å²) in [5, 5.41) is 0. The van der Waals surface area contributed by atoms with E-state index in [2.05, 4.69) is 0 Å². The van der Waals surface area contributed by atoms with Gasteiger partial charge in [-0.25, -0.2) is 9.18 Å². The van der Waals surface area contributed by atoms with Crippen LogP contribution in [0.25, 0.3) is 5.57 Å². The molecule has 22 heavy (non-hydrogen) atoms. The fraction of sp³-hybridized carbons (Fsp3) is 0.167. The molecule has 2 rings (SSSR count). The highest BCUT2D eigenvalue weighted by atomic mass is 127. The fourth-order valence-corrected chi connectivity index (χ4v) is 2.64. The molecule has 0 aliphatic carbocycles. The molecule has 0 unspecified atom stereocenters. The third kappa shape index (κ3) is 4.66. The minimum Gasteiger partial charge on any atom is -0.462 e. The van der Waals surface area contributed by atoms with Gasteiger partial charge in [0.2, 0.25) is 0 Å². The average Bonchev–Trinajstić information content (AvgIpc) is 2.59. The molecule has 0 amide bonds. The van der Waals surface area contributed by atoms with Gasteiger partial charge < -0.3 is 4.74 Å². The number of carbonyl (C=O) groups is 1. The molecule has 0 bridgehead atoms. The predicted octanol–water partition coefficient (Wildman–Crippen LogP) is 5.05. The van der Waals surface area contributed by atoms with Gasteiger partial charge in [-0.05, 0) is 45.9 Å². The number of esters is 1. The molecule has 0 fully saturated rings. The van der Waals surface area contributed by atoms with E-state index in [1.54, 1.807) is 24.3 Å². The van der Waals surface area contributed by atoms with Crippen LogP contribution in [0.15, 0.2) is 64.2 Å². The van der Waals surface area contributed by atoms with Gasteiger partial charge in [0.25, 0.3) is 0 Å². The Morgan fingerprint density at radius 1 is 0.955 bits per heavy atom. The molecule has 0 atom stereocenters. The molecule has 4 heteroatoms. The van der Waals surface area contributed by atoms with Crippen LogP contribution >= 0.6 is 22.6 Å². The summed E-state index contributed by atoms with van der Waals surface area (Å²) < 4.78 is 18.9. The second-order valence-corrected chi connectivity index (χ2v) is 5.94. The number of hydrogen-bond donors (Lipinski definition) is 0. The lowest BCUT2D eigenvalue weighted by Crippen LogP contribution is -2.07. The van der Waals surface area contributed by atoms with Gasteiger partial charge >= 0.3 is 5.97 Å². The maximum absolute atomic E-state index is 13.0. The highest BCUT2D eigenvalue weighted by molar-refractivity contribution is 14.1. The number of benzene rings is 2. The molecule has 0 aliphatic heterocycles. The quantitative estimate of drug-likeness (QED) is 0.492. The van der Waals surface area contributed by atoms with Gasteiger partial charge in [0.05, 0.1) is 12.2 Å². The molecule has 0 spiro atoms. The van der Waals surface area contributed by atoms with E-state index in [1.165, 1.54) is 0 Å². The lowest BCUT2D eigenvalue weighted by molar-refractivity contribution is 0.0514. The predicted molar refractivity (Wildman–Crippen MR) is 94.7 cm³/mol. The highest BCUT2D eigenvalue weighted by Crippen LogP contribution is 2.26. The van der Waals surface area contributed by atoms with E-state index in [-0.39, 0.29) is 12.6 Å². The molecule has 0 N–H and O–H groups in total. The van der Waals surface area contributed by atoms with Crippen molar-refractivity contribution in [2.24, 2.45) is 0 Å². The Kier molecular flexibility index (Phi) is 6.58. The summed E-state index contributed by atoms with van der Waals surface area (Å²) >= 11 is 2.00. The topological polar surface area (TPSA) is 26.3 Å². The van der Waals surface area contributed by atoms with Crippen molar-refractivity contribution < 1.29 is 13.9 Å². The summed E-state index contributed by atoms with van der Waals surface area (Å²) in [5.74, 6) is -0.358. The fourth-order valence-electron chi connectivity index (χ4n) is 2.06. The van der Waals surface area contributed by atoms with E-state index in [1.807, 2.05) is 59.0 Å². The van der Waals surface area contributed by atoms with Crippen LogP contribution in [0.5, 0.6) is 0 Å². The third-order valence-electron chi connectivity index (χ3n) is 3.16. The molecule has 2 aromatic carbocycles. The zero-order valence-electron chi connectivity index (χ0n) is 12.0. The number of halogens is 2. The number of rotatable bonds is 6. The molecule has 114 valence electrons. The number of ether oxygens (including phenoxy) is 1. The van der Waals surface area contributed by atoms with Crippen LogP contribution < -0.4 is 0 Å². The lowest BCUT2D eigenvalue weighted by atomic mass is 10.0. The Balaban J connectivity index is 2.00. The first-order chi connectivity index (χ1) is 10.7. The van der Waals surface area contributed by atoms with Crippen molar-refractivity contribution >= 4 is 34.1 Å². The van der Waals surface area contributed by atoms with Crippen LogP contribution in [0, 0.1) is 0 Å². The summed E-state index contributed by atoms with van der Waals surface area (Å²) in [6.07, 6.45) is 0.491. The summed E-state index contributed by atoms with van der Waals surface area (Å²) in [6, 6.07) is 18.4. The Bertz CT molecular complexity index is 639. The first kappa shape index (κ1) is 16.7. The molecule has 0 saturated carbocycles. The van der Waals surface area contributed by atoms with E-state index in [9.17, 15) is 9.18 Å². The van der Waals surface area contributed by atoms with Gasteiger partial charge in [0.15, 0.2) is 0 Å². The smallest absolute Gasteiger partial charge is 0.338 e. The molecular weight excluding hydrogens is 394 g/mol. The largest absolute Gasteiger partial charge is 0.462 e. The molecule has 2 aromatic rings. The lowest BCUT2D eigenvalue weighted by Gasteiger charge is -2.11. The normalized spacial score (nSPS) is 11.7. The monoisotopic (exact) mass is 410 g/mol. The van der Waals surface area contributed by atoms with Gasteiger partial charge in [-0.2, -0.15) is 0 Å². The van der Waals surface area contributed by atoms with Crippen molar-refractivity contribution in [3.05, 3.63) is 75.4 Å². The second-order valence-electron chi connectivity index (χ2n) is 4.64. The summed E-state index contributed by atoms with van der Waals surface area (Å²) in [4.78, 5) is 11.9. The SMILES string of the molecule is O=C(OCC/C(=C(/I)CF)c1ccccc1)c1ccccc1. The number of allylic oxidation sites excluding steroid dienone is 1. The first-order valence-electron chi connectivity index (χ1n) is 6.93. The van der Waals surface area contributed by atoms with Crippen molar-refractivity contribution in [1.82, 2.24) is 0 Å². The Hall–Kier alpha value is -1.69. The summed E-state index contributed by atoms with van der Waals surface area (Å²) in [7, 11) is 0. The molecule has 0 saturated heterocycles. The molecule has 0 heterocycles. The summed E-state index contributed by atoms with van der Waals surface area (Å²) in [5.41, 5.74) is 2.36. The average molecular weight is 410 g/mol. The third-order valence-corrected chi connectivity index (χ3v) is 4.10. The second kappa shape index (κ2) is 8.68. The maximum atomic E-state index is 13.0.